The third kappa shape index (κ3) is 4.40. The maximum absolute atomic E-state index is 13.7. The summed E-state index contributed by atoms with van der Waals surface area (Å²) in [4.78, 5) is 9.36. The maximum Gasteiger partial charge on any atom is 0.243 e. The number of sulfonamides is 1. The van der Waals surface area contributed by atoms with Gasteiger partial charge in [0, 0.05) is 61.9 Å². The topological polar surface area (TPSA) is 75.2 Å². The Morgan fingerprint density at radius 2 is 1.78 bits per heavy atom. The Balaban J connectivity index is 1.09. The summed E-state index contributed by atoms with van der Waals surface area (Å²) >= 11 is 0. The molecule has 8 nitrogen and oxygen atoms in total. The van der Waals surface area contributed by atoms with Gasteiger partial charge in [-0.15, -0.1) is 0 Å². The molecule has 2 saturated heterocycles. The largest absolute Gasteiger partial charge is 0.486 e. The standard InChI is InChI=1S/C27H32N4O4S/c32-36(33,26-8-1-4-21-20-28-11-9-23(21)26)31-12-3-5-22(31)10-13-29-14-16-30(17-15-29)24-6-2-7-25-27(24)35-19-18-34-25/h1-2,4,6-9,11,20,22H,3,5,10,12-19H2/t22-/m0/s1. The second-order valence-electron chi connectivity index (χ2n) is 9.68. The van der Waals surface area contributed by atoms with Crippen LogP contribution in [0.1, 0.15) is 19.3 Å². The van der Waals surface area contributed by atoms with Crippen molar-refractivity contribution >= 4 is 26.5 Å². The highest BCUT2D eigenvalue weighted by Gasteiger charge is 2.36. The van der Waals surface area contributed by atoms with Crippen LogP contribution in [-0.2, 0) is 10.0 Å². The zero-order valence-corrected chi connectivity index (χ0v) is 21.2. The SMILES string of the molecule is O=S(=O)(c1cccc2cnccc12)N1CCC[C@H]1CCN1CCN(c2cccc3c2OCCO3)CC1. The molecule has 4 heterocycles. The quantitative estimate of drug-likeness (QED) is 0.505. The van der Waals surface area contributed by atoms with Gasteiger partial charge in [-0.3, -0.25) is 9.88 Å². The number of nitrogens with zero attached hydrogens (tertiary/aromatic N) is 4. The monoisotopic (exact) mass is 508 g/mol. The molecular weight excluding hydrogens is 476 g/mol. The molecule has 1 aromatic heterocycles. The fourth-order valence-corrected chi connectivity index (χ4v) is 7.65. The number of piperazine rings is 1. The van der Waals surface area contributed by atoms with E-state index in [0.29, 0.717) is 24.7 Å². The highest BCUT2D eigenvalue weighted by Crippen LogP contribution is 2.40. The highest BCUT2D eigenvalue weighted by molar-refractivity contribution is 7.89. The minimum Gasteiger partial charge on any atom is -0.486 e. The van der Waals surface area contributed by atoms with Crippen molar-refractivity contribution in [3.8, 4) is 11.5 Å². The molecule has 3 aliphatic rings. The summed E-state index contributed by atoms with van der Waals surface area (Å²) in [7, 11) is -3.57. The van der Waals surface area contributed by atoms with Crippen molar-refractivity contribution in [2.24, 2.45) is 0 Å². The van der Waals surface area contributed by atoms with Gasteiger partial charge in [-0.1, -0.05) is 18.2 Å². The van der Waals surface area contributed by atoms with Gasteiger partial charge in [-0.25, -0.2) is 8.42 Å². The second kappa shape index (κ2) is 9.88. The Hall–Kier alpha value is -2.88. The third-order valence-electron chi connectivity index (χ3n) is 7.59. The van der Waals surface area contributed by atoms with Gasteiger partial charge in [0.05, 0.1) is 10.6 Å². The van der Waals surface area contributed by atoms with Crippen LogP contribution in [0.5, 0.6) is 11.5 Å². The molecule has 0 amide bonds. The molecule has 6 rings (SSSR count). The molecule has 0 aliphatic carbocycles. The molecule has 0 unspecified atom stereocenters. The van der Waals surface area contributed by atoms with Gasteiger partial charge in [0.25, 0.3) is 0 Å². The first-order chi connectivity index (χ1) is 17.6. The van der Waals surface area contributed by atoms with Crippen LogP contribution >= 0.6 is 0 Å². The van der Waals surface area contributed by atoms with E-state index in [9.17, 15) is 8.42 Å². The normalized spacial score (nSPS) is 21.2. The molecule has 0 spiro atoms. The van der Waals surface area contributed by atoms with Gasteiger partial charge in [-0.2, -0.15) is 4.31 Å². The van der Waals surface area contributed by atoms with E-state index in [4.69, 9.17) is 9.47 Å². The average molecular weight is 509 g/mol. The Morgan fingerprint density at radius 1 is 0.944 bits per heavy atom. The van der Waals surface area contributed by atoms with Crippen LogP contribution in [0.2, 0.25) is 0 Å². The molecule has 0 bridgehead atoms. The number of hydrogen-bond donors (Lipinski definition) is 0. The van der Waals surface area contributed by atoms with Gasteiger partial charge in [0.2, 0.25) is 10.0 Å². The number of hydrogen-bond acceptors (Lipinski definition) is 7. The molecule has 0 radical (unpaired) electrons. The summed E-state index contributed by atoms with van der Waals surface area (Å²) in [5.74, 6) is 1.68. The van der Waals surface area contributed by atoms with Crippen molar-refractivity contribution in [3.05, 3.63) is 54.9 Å². The molecule has 3 aromatic rings. The molecular formula is C27H32N4O4S. The lowest BCUT2D eigenvalue weighted by atomic mass is 10.1. The molecule has 36 heavy (non-hydrogen) atoms. The second-order valence-corrected chi connectivity index (χ2v) is 11.5. The van der Waals surface area contributed by atoms with Crippen molar-refractivity contribution in [1.29, 1.82) is 0 Å². The van der Waals surface area contributed by atoms with E-state index in [1.165, 1.54) is 0 Å². The fraction of sp³-hybridized carbons (Fsp3) is 0.444. The molecule has 0 saturated carbocycles. The summed E-state index contributed by atoms with van der Waals surface area (Å²) < 4.78 is 40.8. The number of pyridine rings is 1. The van der Waals surface area contributed by atoms with E-state index in [1.54, 1.807) is 28.8 Å². The first-order valence-electron chi connectivity index (χ1n) is 12.8. The average Bonchev–Trinajstić information content (AvgIpc) is 3.41. The predicted molar refractivity (Wildman–Crippen MR) is 139 cm³/mol. The summed E-state index contributed by atoms with van der Waals surface area (Å²) in [5.41, 5.74) is 1.10. The Bertz CT molecular complexity index is 1340. The number of anilines is 1. The molecule has 3 aliphatic heterocycles. The first-order valence-corrected chi connectivity index (χ1v) is 14.3. The predicted octanol–water partition coefficient (Wildman–Crippen LogP) is 3.37. The molecule has 0 N–H and O–H groups in total. The van der Waals surface area contributed by atoms with Crippen LogP contribution in [0.15, 0.2) is 59.8 Å². The maximum atomic E-state index is 13.7. The molecule has 190 valence electrons. The van der Waals surface area contributed by atoms with Gasteiger partial charge in [0.15, 0.2) is 11.5 Å². The Labute approximate surface area is 212 Å². The van der Waals surface area contributed by atoms with E-state index >= 15 is 0 Å². The summed E-state index contributed by atoms with van der Waals surface area (Å²) in [5, 5.41) is 1.59. The lowest BCUT2D eigenvalue weighted by molar-refractivity contribution is 0.171. The smallest absolute Gasteiger partial charge is 0.243 e. The van der Waals surface area contributed by atoms with E-state index in [-0.39, 0.29) is 6.04 Å². The fourth-order valence-electron chi connectivity index (χ4n) is 5.71. The van der Waals surface area contributed by atoms with Crippen LogP contribution in [-0.4, -0.2) is 81.1 Å². The van der Waals surface area contributed by atoms with Crippen molar-refractivity contribution in [3.63, 3.8) is 0 Å². The van der Waals surface area contributed by atoms with E-state index in [2.05, 4.69) is 20.9 Å². The molecule has 2 fully saturated rings. The molecule has 1 atom stereocenters. The van der Waals surface area contributed by atoms with Gasteiger partial charge < -0.3 is 14.4 Å². The molecule has 9 heteroatoms. The highest BCUT2D eigenvalue weighted by atomic mass is 32.2. The van der Waals surface area contributed by atoms with E-state index < -0.39 is 10.0 Å². The van der Waals surface area contributed by atoms with E-state index in [1.807, 2.05) is 24.3 Å². The zero-order chi connectivity index (χ0) is 24.5. The first kappa shape index (κ1) is 23.5. The summed E-state index contributed by atoms with van der Waals surface area (Å²) in [6.07, 6.45) is 6.06. The van der Waals surface area contributed by atoms with Gasteiger partial charge in [0.1, 0.15) is 13.2 Å². The lowest BCUT2D eigenvalue weighted by Crippen LogP contribution is -2.48. The number of ether oxygens (including phenoxy) is 2. The lowest BCUT2D eigenvalue weighted by Gasteiger charge is -2.38. The van der Waals surface area contributed by atoms with Crippen LogP contribution in [0, 0.1) is 0 Å². The van der Waals surface area contributed by atoms with Gasteiger partial charge >= 0.3 is 0 Å². The zero-order valence-electron chi connectivity index (χ0n) is 20.4. The number of rotatable bonds is 6. The Morgan fingerprint density at radius 3 is 2.67 bits per heavy atom. The summed E-state index contributed by atoms with van der Waals surface area (Å²) in [6, 6.07) is 13.4. The minimum atomic E-state index is -3.57. The van der Waals surface area contributed by atoms with Crippen LogP contribution in [0.25, 0.3) is 10.8 Å². The van der Waals surface area contributed by atoms with Crippen molar-refractivity contribution in [1.82, 2.24) is 14.2 Å². The third-order valence-corrected chi connectivity index (χ3v) is 9.60. The Kier molecular flexibility index (Phi) is 6.45. The van der Waals surface area contributed by atoms with Gasteiger partial charge in [-0.05, 0) is 50.1 Å². The van der Waals surface area contributed by atoms with Crippen molar-refractivity contribution in [2.75, 3.05) is 57.4 Å². The van der Waals surface area contributed by atoms with Crippen LogP contribution in [0.3, 0.4) is 0 Å². The molecule has 2 aromatic carbocycles. The van der Waals surface area contributed by atoms with Crippen molar-refractivity contribution in [2.45, 2.75) is 30.2 Å². The number of fused-ring (bicyclic) bond motifs is 2. The minimum absolute atomic E-state index is 0.0387. The van der Waals surface area contributed by atoms with Crippen molar-refractivity contribution < 1.29 is 17.9 Å². The van der Waals surface area contributed by atoms with Crippen LogP contribution < -0.4 is 14.4 Å². The van der Waals surface area contributed by atoms with Crippen LogP contribution in [0.4, 0.5) is 5.69 Å². The summed E-state index contributed by atoms with van der Waals surface area (Å²) in [6.45, 7) is 6.38. The van der Waals surface area contributed by atoms with E-state index in [0.717, 1.165) is 79.9 Å². The number of para-hydroxylation sites is 1. The number of benzene rings is 2. The number of aromatic nitrogens is 1.